The van der Waals surface area contributed by atoms with E-state index < -0.39 is 31.3 Å². The van der Waals surface area contributed by atoms with Crippen molar-refractivity contribution in [2.45, 2.75) is 4.90 Å². The number of nitro benzene ring substituents is 1. The second-order valence-electron chi connectivity index (χ2n) is 3.16. The number of hydrogen-bond donors (Lipinski definition) is 0. The van der Waals surface area contributed by atoms with Crippen LogP contribution in [0, 0.1) is 15.9 Å². The van der Waals surface area contributed by atoms with E-state index in [1.54, 1.807) is 0 Å². The summed E-state index contributed by atoms with van der Waals surface area (Å²) in [6.45, 7) is 0. The minimum absolute atomic E-state index is 0.471. The second-order valence-corrected chi connectivity index (χ2v) is 5.28. The molecule has 1 aromatic carbocycles. The van der Waals surface area contributed by atoms with Gasteiger partial charge in [0, 0.05) is 26.2 Å². The molecule has 6 nitrogen and oxygen atoms in total. The molecule has 0 atom stereocenters. The average molecular weight is 248 g/mol. The van der Waals surface area contributed by atoms with E-state index in [0.717, 1.165) is 16.4 Å². The highest BCUT2D eigenvalue weighted by Gasteiger charge is 2.24. The second kappa shape index (κ2) is 4.14. The molecule has 88 valence electrons. The maximum absolute atomic E-state index is 13.3. The maximum Gasteiger partial charge on any atom is 0.270 e. The minimum atomic E-state index is -4.01. The molecule has 16 heavy (non-hydrogen) atoms. The highest BCUT2D eigenvalue weighted by Crippen LogP contribution is 2.22. The Balaban J connectivity index is 3.45. The predicted molar refractivity (Wildman–Crippen MR) is 53.9 cm³/mol. The molecule has 0 aliphatic rings. The largest absolute Gasteiger partial charge is 0.270 e. The van der Waals surface area contributed by atoms with Crippen LogP contribution in [0.15, 0.2) is 23.1 Å². The highest BCUT2D eigenvalue weighted by molar-refractivity contribution is 7.89. The molecular weight excluding hydrogens is 239 g/mol. The van der Waals surface area contributed by atoms with Crippen molar-refractivity contribution < 1.29 is 17.7 Å². The van der Waals surface area contributed by atoms with Crippen LogP contribution in [0.25, 0.3) is 0 Å². The monoisotopic (exact) mass is 248 g/mol. The van der Waals surface area contributed by atoms with E-state index in [-0.39, 0.29) is 0 Å². The molecule has 1 aromatic rings. The van der Waals surface area contributed by atoms with Crippen LogP contribution in [0.3, 0.4) is 0 Å². The van der Waals surface area contributed by atoms with Gasteiger partial charge in [-0.2, -0.15) is 0 Å². The lowest BCUT2D eigenvalue weighted by molar-refractivity contribution is -0.385. The lowest BCUT2D eigenvalue weighted by Crippen LogP contribution is -2.23. The number of sulfonamides is 1. The van der Waals surface area contributed by atoms with E-state index in [2.05, 4.69) is 0 Å². The molecule has 0 radical (unpaired) electrons. The summed E-state index contributed by atoms with van der Waals surface area (Å²) >= 11 is 0. The van der Waals surface area contributed by atoms with Crippen LogP contribution in [0.5, 0.6) is 0 Å². The van der Waals surface area contributed by atoms with Crippen molar-refractivity contribution in [3.63, 3.8) is 0 Å². The number of benzene rings is 1. The van der Waals surface area contributed by atoms with Gasteiger partial charge in [0.1, 0.15) is 10.7 Å². The molecule has 0 N–H and O–H groups in total. The summed E-state index contributed by atoms with van der Waals surface area (Å²) in [4.78, 5) is 8.95. The molecule has 8 heteroatoms. The lowest BCUT2D eigenvalue weighted by atomic mass is 10.3. The van der Waals surface area contributed by atoms with Crippen molar-refractivity contribution in [3.8, 4) is 0 Å². The van der Waals surface area contributed by atoms with Crippen LogP contribution in [-0.2, 0) is 10.0 Å². The van der Waals surface area contributed by atoms with E-state index in [1.165, 1.54) is 14.1 Å². The van der Waals surface area contributed by atoms with Crippen molar-refractivity contribution >= 4 is 15.7 Å². The third kappa shape index (κ3) is 2.17. The average Bonchev–Trinajstić information content (AvgIpc) is 2.17. The fourth-order valence-electron chi connectivity index (χ4n) is 1.000. The molecule has 0 saturated carbocycles. The quantitative estimate of drug-likeness (QED) is 0.590. The zero-order valence-corrected chi connectivity index (χ0v) is 9.36. The van der Waals surface area contributed by atoms with Gasteiger partial charge in [-0.25, -0.2) is 17.1 Å². The Morgan fingerprint density at radius 2 is 1.94 bits per heavy atom. The van der Waals surface area contributed by atoms with Gasteiger partial charge in [0.25, 0.3) is 5.69 Å². The minimum Gasteiger partial charge on any atom is -0.258 e. The number of nitrogens with zero attached hydrogens (tertiary/aromatic N) is 2. The molecule has 0 fully saturated rings. The maximum atomic E-state index is 13.3. The van der Waals surface area contributed by atoms with Gasteiger partial charge in [-0.15, -0.1) is 0 Å². The first-order valence-corrected chi connectivity index (χ1v) is 5.57. The van der Waals surface area contributed by atoms with Crippen LogP contribution in [0.1, 0.15) is 0 Å². The Labute approximate surface area is 91.5 Å². The number of nitro groups is 1. The molecular formula is C8H9FN2O4S. The summed E-state index contributed by atoms with van der Waals surface area (Å²) < 4.78 is 37.2. The van der Waals surface area contributed by atoms with E-state index >= 15 is 0 Å². The van der Waals surface area contributed by atoms with Crippen LogP contribution >= 0.6 is 0 Å². The SMILES string of the molecule is CN(C)S(=O)(=O)c1cc([N+](=O)[O-])ccc1F. The van der Waals surface area contributed by atoms with Gasteiger partial charge in [-0.3, -0.25) is 10.1 Å². The third-order valence-corrected chi connectivity index (χ3v) is 3.71. The van der Waals surface area contributed by atoms with Gasteiger partial charge < -0.3 is 0 Å². The predicted octanol–water partition coefficient (Wildman–Crippen LogP) is 0.984. The Morgan fingerprint density at radius 3 is 2.38 bits per heavy atom. The van der Waals surface area contributed by atoms with E-state index in [4.69, 9.17) is 0 Å². The van der Waals surface area contributed by atoms with Crippen molar-refractivity contribution in [1.29, 1.82) is 0 Å². The molecule has 0 saturated heterocycles. The Kier molecular flexibility index (Phi) is 3.24. The third-order valence-electron chi connectivity index (χ3n) is 1.88. The molecule has 1 rings (SSSR count). The van der Waals surface area contributed by atoms with Crippen LogP contribution in [0.2, 0.25) is 0 Å². The molecule has 0 bridgehead atoms. The molecule has 0 aliphatic heterocycles. The Bertz CT molecular complexity index is 527. The van der Waals surface area contributed by atoms with Crippen molar-refractivity contribution in [2.75, 3.05) is 14.1 Å². The summed E-state index contributed by atoms with van der Waals surface area (Å²) in [5.41, 5.74) is -0.471. The van der Waals surface area contributed by atoms with E-state index in [0.29, 0.717) is 6.07 Å². The van der Waals surface area contributed by atoms with E-state index in [9.17, 15) is 22.9 Å². The van der Waals surface area contributed by atoms with Gasteiger partial charge >= 0.3 is 0 Å². The first-order valence-electron chi connectivity index (χ1n) is 4.13. The topological polar surface area (TPSA) is 80.5 Å². The fraction of sp³-hybridized carbons (Fsp3) is 0.250. The summed E-state index contributed by atoms with van der Waals surface area (Å²) in [6.07, 6.45) is 0. The molecule has 0 aromatic heterocycles. The van der Waals surface area contributed by atoms with Crippen molar-refractivity contribution in [2.24, 2.45) is 0 Å². The van der Waals surface area contributed by atoms with Gasteiger partial charge in [0.15, 0.2) is 0 Å². The summed E-state index contributed by atoms with van der Waals surface area (Å²) in [6, 6.07) is 2.36. The first-order chi connectivity index (χ1) is 7.26. The van der Waals surface area contributed by atoms with Crippen LogP contribution < -0.4 is 0 Å². The summed E-state index contributed by atoms with van der Waals surface area (Å²) in [5, 5.41) is 10.4. The van der Waals surface area contributed by atoms with Crippen molar-refractivity contribution in [3.05, 3.63) is 34.1 Å². The van der Waals surface area contributed by atoms with Gasteiger partial charge in [-0.05, 0) is 6.07 Å². The van der Waals surface area contributed by atoms with Crippen LogP contribution in [-0.4, -0.2) is 31.7 Å². The molecule has 0 spiro atoms. The normalized spacial score (nSPS) is 11.8. The Morgan fingerprint density at radius 1 is 1.38 bits per heavy atom. The standard InChI is InChI=1S/C8H9FN2O4S/c1-10(2)16(14,15)8-5-6(11(12)13)3-4-7(8)9/h3-5H,1-2H3. The Hall–Kier alpha value is -1.54. The van der Waals surface area contributed by atoms with Crippen molar-refractivity contribution in [1.82, 2.24) is 4.31 Å². The zero-order chi connectivity index (χ0) is 12.5. The summed E-state index contributed by atoms with van der Waals surface area (Å²) in [7, 11) is -1.58. The molecule has 0 amide bonds. The molecule has 0 aliphatic carbocycles. The zero-order valence-electron chi connectivity index (χ0n) is 8.55. The lowest BCUT2D eigenvalue weighted by Gasteiger charge is -2.11. The van der Waals surface area contributed by atoms with Gasteiger partial charge in [0.2, 0.25) is 10.0 Å². The van der Waals surface area contributed by atoms with E-state index in [1.807, 2.05) is 0 Å². The fourth-order valence-corrected chi connectivity index (χ4v) is 1.98. The smallest absolute Gasteiger partial charge is 0.258 e. The summed E-state index contributed by atoms with van der Waals surface area (Å²) in [5.74, 6) is -1.01. The highest BCUT2D eigenvalue weighted by atomic mass is 32.2. The number of hydrogen-bond acceptors (Lipinski definition) is 4. The number of non-ortho nitro benzene ring substituents is 1. The number of halogens is 1. The van der Waals surface area contributed by atoms with Crippen LogP contribution in [0.4, 0.5) is 10.1 Å². The number of rotatable bonds is 3. The molecule has 0 unspecified atom stereocenters. The van der Waals surface area contributed by atoms with Gasteiger partial charge in [-0.1, -0.05) is 0 Å². The first kappa shape index (κ1) is 12.5. The van der Waals surface area contributed by atoms with Gasteiger partial charge in [0.05, 0.1) is 4.92 Å². The molecule has 0 heterocycles.